The summed E-state index contributed by atoms with van der Waals surface area (Å²) < 4.78 is 18.2. The van der Waals surface area contributed by atoms with Crippen molar-refractivity contribution in [3.63, 3.8) is 0 Å². The van der Waals surface area contributed by atoms with Gasteiger partial charge in [0.2, 0.25) is 0 Å². The molecule has 3 nitrogen and oxygen atoms in total. The van der Waals surface area contributed by atoms with E-state index in [1.807, 2.05) is 0 Å². The molecule has 2 rings (SSSR count). The molecule has 0 saturated heterocycles. The highest BCUT2D eigenvalue weighted by Crippen LogP contribution is 2.36. The number of fused-ring (bicyclic) bond motifs is 1. The highest BCUT2D eigenvalue weighted by Gasteiger charge is 2.21. The van der Waals surface area contributed by atoms with Crippen LogP contribution in [0, 0.1) is 5.82 Å². The zero-order chi connectivity index (χ0) is 9.42. The second-order valence-corrected chi connectivity index (χ2v) is 3.12. The van der Waals surface area contributed by atoms with Crippen molar-refractivity contribution >= 4 is 5.69 Å². The fourth-order valence-corrected chi connectivity index (χ4v) is 1.49. The molecule has 13 heavy (non-hydrogen) atoms. The number of ether oxygens (including phenoxy) is 1. The predicted molar refractivity (Wildman–Crippen MR) is 47.9 cm³/mol. The van der Waals surface area contributed by atoms with Gasteiger partial charge in [-0.25, -0.2) is 4.39 Å². The molecular formula is C9H11FN2O. The molecule has 1 aromatic carbocycles. The van der Waals surface area contributed by atoms with Gasteiger partial charge in [-0.15, -0.1) is 0 Å². The fourth-order valence-electron chi connectivity index (χ4n) is 1.49. The minimum atomic E-state index is -0.451. The van der Waals surface area contributed by atoms with Crippen molar-refractivity contribution in [3.05, 3.63) is 23.5 Å². The van der Waals surface area contributed by atoms with Gasteiger partial charge in [0.1, 0.15) is 17.3 Å². The zero-order valence-electron chi connectivity index (χ0n) is 7.09. The summed E-state index contributed by atoms with van der Waals surface area (Å²) in [4.78, 5) is 0. The fraction of sp³-hybridized carbons (Fsp3) is 0.333. The van der Waals surface area contributed by atoms with E-state index >= 15 is 0 Å². The van der Waals surface area contributed by atoms with Gasteiger partial charge >= 0.3 is 0 Å². The third-order valence-corrected chi connectivity index (χ3v) is 2.25. The molecule has 0 unspecified atom stereocenters. The first-order valence-corrected chi connectivity index (χ1v) is 4.16. The van der Waals surface area contributed by atoms with E-state index < -0.39 is 5.82 Å². The Morgan fingerprint density at radius 3 is 3.00 bits per heavy atom. The van der Waals surface area contributed by atoms with Crippen LogP contribution in [0.25, 0.3) is 0 Å². The highest BCUT2D eigenvalue weighted by molar-refractivity contribution is 5.59. The Labute approximate surface area is 75.5 Å². The maximum atomic E-state index is 13.0. The number of hydrogen-bond donors (Lipinski definition) is 2. The maximum absolute atomic E-state index is 13.0. The van der Waals surface area contributed by atoms with Crippen LogP contribution in [-0.2, 0) is 0 Å². The lowest BCUT2D eigenvalue weighted by Crippen LogP contribution is -2.21. The third kappa shape index (κ3) is 1.23. The molecule has 1 atom stereocenters. The van der Waals surface area contributed by atoms with Gasteiger partial charge in [0.25, 0.3) is 0 Å². The van der Waals surface area contributed by atoms with E-state index in [4.69, 9.17) is 16.2 Å². The van der Waals surface area contributed by atoms with Crippen molar-refractivity contribution in [2.24, 2.45) is 5.73 Å². The predicted octanol–water partition coefficient (Wildman–Crippen LogP) is 1.19. The van der Waals surface area contributed by atoms with Crippen LogP contribution in [0.3, 0.4) is 0 Å². The van der Waals surface area contributed by atoms with Crippen molar-refractivity contribution in [3.8, 4) is 5.75 Å². The van der Waals surface area contributed by atoms with E-state index in [9.17, 15) is 4.39 Å². The Bertz CT molecular complexity index is 341. The molecule has 1 aliphatic rings. The summed E-state index contributed by atoms with van der Waals surface area (Å²) in [7, 11) is 0. The van der Waals surface area contributed by atoms with E-state index in [0.717, 1.165) is 12.0 Å². The number of rotatable bonds is 0. The van der Waals surface area contributed by atoms with Crippen molar-refractivity contribution in [1.82, 2.24) is 0 Å². The van der Waals surface area contributed by atoms with Crippen molar-refractivity contribution < 1.29 is 9.13 Å². The number of hydrogen-bond acceptors (Lipinski definition) is 3. The first-order valence-electron chi connectivity index (χ1n) is 4.16. The summed E-state index contributed by atoms with van der Waals surface area (Å²) >= 11 is 0. The van der Waals surface area contributed by atoms with Crippen LogP contribution < -0.4 is 16.2 Å². The minimum Gasteiger partial charge on any atom is -0.491 e. The molecule has 0 aliphatic carbocycles. The van der Waals surface area contributed by atoms with Crippen LogP contribution >= 0.6 is 0 Å². The van der Waals surface area contributed by atoms with Gasteiger partial charge in [0.05, 0.1) is 6.61 Å². The lowest BCUT2D eigenvalue weighted by molar-refractivity contribution is 0.269. The molecule has 0 radical (unpaired) electrons. The van der Waals surface area contributed by atoms with Crippen LogP contribution in [0.2, 0.25) is 0 Å². The van der Waals surface area contributed by atoms with Gasteiger partial charge in [0, 0.05) is 18.0 Å². The van der Waals surface area contributed by atoms with Crippen LogP contribution in [0.15, 0.2) is 12.1 Å². The Balaban J connectivity index is 2.56. The van der Waals surface area contributed by atoms with Crippen LogP contribution in [0.5, 0.6) is 5.75 Å². The first kappa shape index (κ1) is 8.31. The molecule has 4 N–H and O–H groups in total. The van der Waals surface area contributed by atoms with Crippen LogP contribution in [-0.4, -0.2) is 6.61 Å². The van der Waals surface area contributed by atoms with E-state index in [1.54, 1.807) is 6.07 Å². The molecule has 0 spiro atoms. The van der Waals surface area contributed by atoms with Crippen LogP contribution in [0.1, 0.15) is 18.0 Å². The Morgan fingerprint density at radius 1 is 1.46 bits per heavy atom. The maximum Gasteiger partial charge on any atom is 0.149 e. The summed E-state index contributed by atoms with van der Waals surface area (Å²) in [5, 5.41) is 0. The lowest BCUT2D eigenvalue weighted by Gasteiger charge is -2.24. The van der Waals surface area contributed by atoms with E-state index in [2.05, 4.69) is 0 Å². The van der Waals surface area contributed by atoms with E-state index in [-0.39, 0.29) is 11.7 Å². The highest BCUT2D eigenvalue weighted by atomic mass is 19.1. The topological polar surface area (TPSA) is 61.3 Å². The summed E-state index contributed by atoms with van der Waals surface area (Å²) in [6, 6.07) is 2.86. The molecule has 0 amide bonds. The van der Waals surface area contributed by atoms with Crippen molar-refractivity contribution in [1.29, 1.82) is 0 Å². The van der Waals surface area contributed by atoms with E-state index in [0.29, 0.717) is 12.4 Å². The minimum absolute atomic E-state index is 0.0626. The van der Waals surface area contributed by atoms with Crippen molar-refractivity contribution in [2.75, 3.05) is 12.3 Å². The molecular weight excluding hydrogens is 171 g/mol. The number of halogens is 1. The molecule has 0 fully saturated rings. The quantitative estimate of drug-likeness (QED) is 0.592. The normalized spacial score (nSPS) is 20.6. The second-order valence-electron chi connectivity index (χ2n) is 3.12. The summed E-state index contributed by atoms with van der Waals surface area (Å²) in [5.41, 5.74) is 12.2. The smallest absolute Gasteiger partial charge is 0.149 e. The van der Waals surface area contributed by atoms with Gasteiger partial charge in [-0.3, -0.25) is 0 Å². The van der Waals surface area contributed by atoms with Gasteiger partial charge < -0.3 is 16.2 Å². The number of benzene rings is 1. The molecule has 4 heteroatoms. The SMILES string of the molecule is Nc1c(F)ccc2c1OCC[C@H]2N. The standard InChI is InChI=1S/C9H11FN2O/c10-6-2-1-5-7(11)3-4-13-9(5)8(6)12/h1-2,7H,3-4,11-12H2/t7-/m1/s1. The molecule has 0 bridgehead atoms. The molecule has 1 aromatic rings. The first-order chi connectivity index (χ1) is 6.20. The Hall–Kier alpha value is -1.29. The van der Waals surface area contributed by atoms with Gasteiger partial charge in [-0.1, -0.05) is 6.07 Å². The number of nitrogens with two attached hydrogens (primary N) is 2. The summed E-state index contributed by atoms with van der Waals surface area (Å²) in [6.45, 7) is 0.502. The average Bonchev–Trinajstić information content (AvgIpc) is 2.12. The third-order valence-electron chi connectivity index (χ3n) is 2.25. The molecule has 0 saturated carbocycles. The summed E-state index contributed by atoms with van der Waals surface area (Å²) in [6.07, 6.45) is 0.748. The van der Waals surface area contributed by atoms with Gasteiger partial charge in [0.15, 0.2) is 0 Å². The molecule has 70 valence electrons. The lowest BCUT2D eigenvalue weighted by atomic mass is 10.0. The number of nitrogen functional groups attached to an aromatic ring is 1. The Kier molecular flexibility index (Phi) is 1.84. The monoisotopic (exact) mass is 182 g/mol. The number of anilines is 1. The molecule has 1 heterocycles. The average molecular weight is 182 g/mol. The largest absolute Gasteiger partial charge is 0.491 e. The van der Waals surface area contributed by atoms with Gasteiger partial charge in [-0.05, 0) is 6.07 Å². The molecule has 0 aromatic heterocycles. The molecule has 1 aliphatic heterocycles. The Morgan fingerprint density at radius 2 is 2.23 bits per heavy atom. The zero-order valence-corrected chi connectivity index (χ0v) is 7.09. The van der Waals surface area contributed by atoms with Gasteiger partial charge in [-0.2, -0.15) is 0 Å². The summed E-state index contributed by atoms with van der Waals surface area (Å²) in [5.74, 6) is -0.0356. The van der Waals surface area contributed by atoms with Crippen molar-refractivity contribution in [2.45, 2.75) is 12.5 Å². The second kappa shape index (κ2) is 2.88. The van der Waals surface area contributed by atoms with E-state index in [1.165, 1.54) is 6.07 Å². The van der Waals surface area contributed by atoms with Crippen LogP contribution in [0.4, 0.5) is 10.1 Å².